The second kappa shape index (κ2) is 5.02. The third kappa shape index (κ3) is 2.28. The van der Waals surface area contributed by atoms with Crippen molar-refractivity contribution in [1.29, 1.82) is 0 Å². The van der Waals surface area contributed by atoms with E-state index in [-0.39, 0.29) is 0 Å². The number of ether oxygens (including phenoxy) is 1. The van der Waals surface area contributed by atoms with Crippen LogP contribution in [0.4, 0.5) is 16.5 Å². The number of benzene rings is 2. The van der Waals surface area contributed by atoms with Gasteiger partial charge in [-0.25, -0.2) is 4.98 Å². The highest BCUT2D eigenvalue weighted by Crippen LogP contribution is 2.33. The predicted molar refractivity (Wildman–Crippen MR) is 85.1 cm³/mol. The zero-order valence-electron chi connectivity index (χ0n) is 11.3. The van der Waals surface area contributed by atoms with Crippen molar-refractivity contribution in [3.8, 4) is 5.75 Å². The van der Waals surface area contributed by atoms with Gasteiger partial charge in [-0.05, 0) is 42.5 Å². The number of hydrogen-bond donors (Lipinski definition) is 1. The van der Waals surface area contributed by atoms with E-state index in [2.05, 4.69) is 9.88 Å². The lowest BCUT2D eigenvalue weighted by Crippen LogP contribution is -2.08. The van der Waals surface area contributed by atoms with Crippen molar-refractivity contribution in [2.75, 3.05) is 24.8 Å². The molecule has 0 saturated carbocycles. The Morgan fingerprint density at radius 1 is 1.15 bits per heavy atom. The molecule has 0 radical (unpaired) electrons. The maximum absolute atomic E-state index is 5.80. The first-order chi connectivity index (χ1) is 9.67. The highest BCUT2D eigenvalue weighted by Gasteiger charge is 2.10. The van der Waals surface area contributed by atoms with Crippen LogP contribution in [0.2, 0.25) is 0 Å². The van der Waals surface area contributed by atoms with E-state index < -0.39 is 0 Å². The molecule has 0 unspecified atom stereocenters. The van der Waals surface area contributed by atoms with Crippen LogP contribution in [0.15, 0.2) is 42.5 Å². The van der Waals surface area contributed by atoms with E-state index in [9.17, 15) is 0 Å². The van der Waals surface area contributed by atoms with E-state index in [0.29, 0.717) is 0 Å². The molecule has 3 rings (SSSR count). The van der Waals surface area contributed by atoms with Crippen molar-refractivity contribution in [2.24, 2.45) is 0 Å². The highest BCUT2D eigenvalue weighted by molar-refractivity contribution is 7.22. The van der Waals surface area contributed by atoms with Gasteiger partial charge in [0.05, 0.1) is 17.3 Å². The van der Waals surface area contributed by atoms with Gasteiger partial charge in [-0.15, -0.1) is 0 Å². The van der Waals surface area contributed by atoms with Crippen molar-refractivity contribution in [3.05, 3.63) is 42.5 Å². The van der Waals surface area contributed by atoms with Crippen LogP contribution >= 0.6 is 11.3 Å². The number of fused-ring (bicyclic) bond motifs is 1. The van der Waals surface area contributed by atoms with Gasteiger partial charge in [0.1, 0.15) is 5.75 Å². The maximum Gasteiger partial charge on any atom is 0.190 e. The van der Waals surface area contributed by atoms with Crippen molar-refractivity contribution in [1.82, 2.24) is 4.98 Å². The average molecular weight is 285 g/mol. The minimum Gasteiger partial charge on any atom is -0.497 e. The molecule has 4 nitrogen and oxygen atoms in total. The summed E-state index contributed by atoms with van der Waals surface area (Å²) in [7, 11) is 3.67. The Kier molecular flexibility index (Phi) is 3.20. The first-order valence-corrected chi connectivity index (χ1v) is 7.03. The van der Waals surface area contributed by atoms with Gasteiger partial charge >= 0.3 is 0 Å². The summed E-state index contributed by atoms with van der Waals surface area (Å²) >= 11 is 1.63. The van der Waals surface area contributed by atoms with Crippen LogP contribution in [0.3, 0.4) is 0 Å². The second-order valence-corrected chi connectivity index (χ2v) is 5.49. The first-order valence-electron chi connectivity index (χ1n) is 6.21. The molecule has 0 atom stereocenters. The summed E-state index contributed by atoms with van der Waals surface area (Å²) in [4.78, 5) is 6.69. The molecule has 0 amide bonds. The van der Waals surface area contributed by atoms with Crippen molar-refractivity contribution >= 4 is 38.1 Å². The van der Waals surface area contributed by atoms with Gasteiger partial charge in [-0.1, -0.05) is 11.3 Å². The summed E-state index contributed by atoms with van der Waals surface area (Å²) < 4.78 is 6.27. The maximum atomic E-state index is 5.80. The van der Waals surface area contributed by atoms with Gasteiger partial charge in [-0.3, -0.25) is 0 Å². The molecule has 20 heavy (non-hydrogen) atoms. The number of anilines is 3. The normalized spacial score (nSPS) is 10.7. The van der Waals surface area contributed by atoms with Gasteiger partial charge in [0.25, 0.3) is 0 Å². The standard InChI is InChI=1S/C15H15N3OS/c1-18(11-4-6-12(19-2)7-5-11)15-17-13-8-3-10(16)9-14(13)20-15/h3-9H,16H2,1-2H3. The lowest BCUT2D eigenvalue weighted by atomic mass is 10.3. The number of thiazole rings is 1. The second-order valence-electron chi connectivity index (χ2n) is 4.48. The summed E-state index contributed by atoms with van der Waals surface area (Å²) in [5.41, 5.74) is 8.61. The first kappa shape index (κ1) is 12.7. The lowest BCUT2D eigenvalue weighted by Gasteiger charge is -2.15. The van der Waals surface area contributed by atoms with Crippen LogP contribution in [-0.4, -0.2) is 19.1 Å². The molecule has 0 bridgehead atoms. The average Bonchev–Trinajstić information content (AvgIpc) is 2.89. The molecule has 2 aromatic carbocycles. The molecule has 2 N–H and O–H groups in total. The topological polar surface area (TPSA) is 51.4 Å². The van der Waals surface area contributed by atoms with Crippen LogP contribution in [-0.2, 0) is 0 Å². The SMILES string of the molecule is COc1ccc(N(C)c2nc3ccc(N)cc3s2)cc1. The monoisotopic (exact) mass is 285 g/mol. The zero-order valence-corrected chi connectivity index (χ0v) is 12.1. The fourth-order valence-electron chi connectivity index (χ4n) is 1.99. The van der Waals surface area contributed by atoms with Crippen LogP contribution in [0, 0.1) is 0 Å². The van der Waals surface area contributed by atoms with Gasteiger partial charge in [-0.2, -0.15) is 0 Å². The highest BCUT2D eigenvalue weighted by atomic mass is 32.1. The van der Waals surface area contributed by atoms with Gasteiger partial charge in [0.2, 0.25) is 0 Å². The lowest BCUT2D eigenvalue weighted by molar-refractivity contribution is 0.415. The van der Waals surface area contributed by atoms with E-state index in [0.717, 1.165) is 32.5 Å². The van der Waals surface area contributed by atoms with E-state index in [1.165, 1.54) is 0 Å². The van der Waals surface area contributed by atoms with E-state index in [4.69, 9.17) is 10.5 Å². The molecule has 0 aliphatic carbocycles. The number of aromatic nitrogens is 1. The number of rotatable bonds is 3. The fourth-order valence-corrected chi connectivity index (χ4v) is 2.99. The summed E-state index contributed by atoms with van der Waals surface area (Å²) in [5.74, 6) is 0.847. The molecule has 0 fully saturated rings. The van der Waals surface area contributed by atoms with E-state index in [1.807, 2.05) is 49.5 Å². The summed E-state index contributed by atoms with van der Waals surface area (Å²) in [6, 6.07) is 13.7. The molecule has 1 aromatic heterocycles. The molecule has 0 aliphatic heterocycles. The van der Waals surface area contributed by atoms with Gasteiger partial charge < -0.3 is 15.4 Å². The summed E-state index contributed by atoms with van der Waals surface area (Å²) in [6.45, 7) is 0. The minimum absolute atomic E-state index is 0.764. The fraction of sp³-hybridized carbons (Fsp3) is 0.133. The molecule has 0 aliphatic rings. The quantitative estimate of drug-likeness (QED) is 0.746. The molecule has 0 spiro atoms. The zero-order chi connectivity index (χ0) is 14.1. The summed E-state index contributed by atoms with van der Waals surface area (Å²) in [6.07, 6.45) is 0. The minimum atomic E-state index is 0.764. The Morgan fingerprint density at radius 3 is 2.60 bits per heavy atom. The van der Waals surface area contributed by atoms with Gasteiger partial charge in [0, 0.05) is 18.4 Å². The van der Waals surface area contributed by atoms with Crippen LogP contribution in [0.5, 0.6) is 5.75 Å². The Labute approximate surface area is 121 Å². The van der Waals surface area contributed by atoms with E-state index >= 15 is 0 Å². The third-order valence-corrected chi connectivity index (χ3v) is 4.24. The molecular weight excluding hydrogens is 270 g/mol. The molecule has 3 aromatic rings. The van der Waals surface area contributed by atoms with Crippen molar-refractivity contribution in [2.45, 2.75) is 0 Å². The van der Waals surface area contributed by atoms with Crippen molar-refractivity contribution in [3.63, 3.8) is 0 Å². The Balaban J connectivity index is 1.96. The van der Waals surface area contributed by atoms with E-state index in [1.54, 1.807) is 18.4 Å². The molecular formula is C15H15N3OS. The third-order valence-electron chi connectivity index (χ3n) is 3.15. The van der Waals surface area contributed by atoms with Crippen LogP contribution in [0.1, 0.15) is 0 Å². The number of methoxy groups -OCH3 is 1. The van der Waals surface area contributed by atoms with Crippen LogP contribution < -0.4 is 15.4 Å². The Morgan fingerprint density at radius 2 is 1.90 bits per heavy atom. The van der Waals surface area contributed by atoms with Gasteiger partial charge in [0.15, 0.2) is 5.13 Å². The Bertz CT molecular complexity index is 736. The number of nitrogens with zero attached hydrogens (tertiary/aromatic N) is 2. The molecule has 102 valence electrons. The number of hydrogen-bond acceptors (Lipinski definition) is 5. The Hall–Kier alpha value is -2.27. The smallest absolute Gasteiger partial charge is 0.190 e. The number of nitrogen functional groups attached to an aromatic ring is 1. The molecule has 1 heterocycles. The van der Waals surface area contributed by atoms with Crippen LogP contribution in [0.25, 0.3) is 10.2 Å². The summed E-state index contributed by atoms with van der Waals surface area (Å²) in [5, 5.41) is 0.941. The van der Waals surface area contributed by atoms with Crippen molar-refractivity contribution < 1.29 is 4.74 Å². The molecule has 5 heteroatoms. The predicted octanol–water partition coefficient (Wildman–Crippen LogP) is 3.66. The largest absolute Gasteiger partial charge is 0.497 e. The molecule has 0 saturated heterocycles. The number of nitrogens with two attached hydrogens (primary N) is 1.